The molecule has 114 valence electrons. The van der Waals surface area contributed by atoms with Crippen LogP contribution < -0.4 is 4.74 Å². The van der Waals surface area contributed by atoms with Crippen LogP contribution in [0.1, 0.15) is 18.9 Å². The predicted octanol–water partition coefficient (Wildman–Crippen LogP) is 1.11. The molecule has 0 amide bonds. The lowest BCUT2D eigenvalue weighted by Crippen LogP contribution is -2.28. The lowest BCUT2D eigenvalue weighted by Gasteiger charge is -2.17. The highest BCUT2D eigenvalue weighted by molar-refractivity contribution is 5.38. The van der Waals surface area contributed by atoms with Gasteiger partial charge < -0.3 is 14.9 Å². The number of nitrogens with zero attached hydrogens (tertiary/aromatic N) is 1. The van der Waals surface area contributed by atoms with Crippen LogP contribution in [0.5, 0.6) is 5.75 Å². The minimum absolute atomic E-state index is 0.123. The van der Waals surface area contributed by atoms with Crippen molar-refractivity contribution in [3.05, 3.63) is 29.8 Å². The summed E-state index contributed by atoms with van der Waals surface area (Å²) in [7, 11) is 0. The number of aliphatic hydroxyl groups is 2. The molecule has 0 spiro atoms. The molecule has 2 unspecified atom stereocenters. The molecule has 1 aromatic rings. The average molecular weight is 289 g/mol. The highest BCUT2D eigenvalue weighted by atomic mass is 16.5. The molecule has 1 saturated heterocycles. The number of rotatable bonds is 5. The van der Waals surface area contributed by atoms with Crippen LogP contribution in [0.3, 0.4) is 0 Å². The van der Waals surface area contributed by atoms with Crippen molar-refractivity contribution in [3.8, 4) is 17.6 Å². The Hall–Kier alpha value is -1.54. The van der Waals surface area contributed by atoms with Crippen LogP contribution >= 0.6 is 0 Å². The summed E-state index contributed by atoms with van der Waals surface area (Å²) in [5.41, 5.74) is 0.871. The van der Waals surface area contributed by atoms with Crippen LogP contribution in [0.2, 0.25) is 0 Å². The topological polar surface area (TPSA) is 52.9 Å². The first-order valence-electron chi connectivity index (χ1n) is 7.42. The molecule has 2 atom stereocenters. The molecular weight excluding hydrogens is 266 g/mol. The number of hydrogen-bond donors (Lipinski definition) is 2. The Balaban J connectivity index is 1.71. The van der Waals surface area contributed by atoms with E-state index in [1.165, 1.54) is 0 Å². The third kappa shape index (κ3) is 5.05. The fraction of sp³-hybridized carbons (Fsp3) is 0.529. The third-order valence-corrected chi connectivity index (χ3v) is 3.83. The predicted molar refractivity (Wildman–Crippen MR) is 82.1 cm³/mol. The number of hydrogen-bond acceptors (Lipinski definition) is 4. The van der Waals surface area contributed by atoms with Crippen LogP contribution in [-0.2, 0) is 0 Å². The molecule has 0 bridgehead atoms. The van der Waals surface area contributed by atoms with E-state index in [1.807, 2.05) is 31.2 Å². The highest BCUT2D eigenvalue weighted by Gasteiger charge is 2.25. The van der Waals surface area contributed by atoms with E-state index in [9.17, 15) is 5.11 Å². The summed E-state index contributed by atoms with van der Waals surface area (Å²) in [6, 6.07) is 7.56. The maximum absolute atomic E-state index is 9.58. The molecule has 2 N–H and O–H groups in total. The summed E-state index contributed by atoms with van der Waals surface area (Å²) in [6.07, 6.45) is 0.846. The maximum atomic E-state index is 9.58. The largest absolute Gasteiger partial charge is 0.492 e. The maximum Gasteiger partial charge on any atom is 0.119 e. The molecule has 0 saturated carbocycles. The van der Waals surface area contributed by atoms with Crippen LogP contribution in [0, 0.1) is 17.8 Å². The van der Waals surface area contributed by atoms with E-state index >= 15 is 0 Å². The van der Waals surface area contributed by atoms with E-state index in [0.717, 1.165) is 37.4 Å². The zero-order valence-corrected chi connectivity index (χ0v) is 12.5. The minimum atomic E-state index is -0.219. The smallest absolute Gasteiger partial charge is 0.119 e. The molecule has 21 heavy (non-hydrogen) atoms. The molecule has 4 nitrogen and oxygen atoms in total. The van der Waals surface area contributed by atoms with Gasteiger partial charge in [-0.1, -0.05) is 11.8 Å². The molecule has 1 fully saturated rings. The first-order chi connectivity index (χ1) is 10.2. The van der Waals surface area contributed by atoms with Gasteiger partial charge in [0, 0.05) is 18.7 Å². The molecule has 0 aromatic heterocycles. The molecule has 2 rings (SSSR count). The average Bonchev–Trinajstić information content (AvgIpc) is 2.95. The molecule has 1 aliphatic heterocycles. The molecule has 1 aliphatic rings. The summed E-state index contributed by atoms with van der Waals surface area (Å²) in [4.78, 5) is 2.33. The zero-order chi connectivity index (χ0) is 15.1. The second kappa shape index (κ2) is 8.04. The van der Waals surface area contributed by atoms with Gasteiger partial charge in [0.2, 0.25) is 0 Å². The summed E-state index contributed by atoms with van der Waals surface area (Å²) < 4.78 is 5.72. The van der Waals surface area contributed by atoms with Gasteiger partial charge in [-0.2, -0.15) is 0 Å². The van der Waals surface area contributed by atoms with Gasteiger partial charge in [0.1, 0.15) is 19.0 Å². The molecular formula is C17H23NO3. The van der Waals surface area contributed by atoms with Crippen molar-refractivity contribution < 1.29 is 14.9 Å². The Labute approximate surface area is 126 Å². The van der Waals surface area contributed by atoms with Crippen LogP contribution in [0.25, 0.3) is 0 Å². The van der Waals surface area contributed by atoms with Crippen molar-refractivity contribution in [3.63, 3.8) is 0 Å². The normalized spacial score (nSPS) is 19.9. The van der Waals surface area contributed by atoms with E-state index < -0.39 is 0 Å². The Kier molecular flexibility index (Phi) is 6.06. The van der Waals surface area contributed by atoms with Gasteiger partial charge in [-0.25, -0.2) is 0 Å². The van der Waals surface area contributed by atoms with E-state index in [-0.39, 0.29) is 12.7 Å². The van der Waals surface area contributed by atoms with Gasteiger partial charge in [0.05, 0.1) is 6.10 Å². The van der Waals surface area contributed by atoms with Gasteiger partial charge in [0.15, 0.2) is 0 Å². The first-order valence-corrected chi connectivity index (χ1v) is 7.42. The molecule has 1 aromatic carbocycles. The Bertz CT molecular complexity index is 487. The van der Waals surface area contributed by atoms with E-state index in [4.69, 9.17) is 9.84 Å². The molecule has 0 radical (unpaired) electrons. The number of likely N-dealkylation sites (tertiary alicyclic amines) is 1. The van der Waals surface area contributed by atoms with Crippen LogP contribution in [0.15, 0.2) is 24.3 Å². The van der Waals surface area contributed by atoms with E-state index in [2.05, 4.69) is 16.7 Å². The van der Waals surface area contributed by atoms with Crippen molar-refractivity contribution in [2.45, 2.75) is 19.4 Å². The van der Waals surface area contributed by atoms with E-state index in [1.54, 1.807) is 0 Å². The van der Waals surface area contributed by atoms with Crippen molar-refractivity contribution in [1.29, 1.82) is 0 Å². The lowest BCUT2D eigenvalue weighted by atomic mass is 10.0. The van der Waals surface area contributed by atoms with E-state index in [0.29, 0.717) is 12.5 Å². The van der Waals surface area contributed by atoms with Gasteiger partial charge in [-0.05, 0) is 50.1 Å². The second-order valence-electron chi connectivity index (χ2n) is 5.42. The van der Waals surface area contributed by atoms with Crippen LogP contribution in [-0.4, -0.2) is 54.1 Å². The third-order valence-electron chi connectivity index (χ3n) is 3.83. The highest BCUT2D eigenvalue weighted by Crippen LogP contribution is 2.19. The summed E-state index contributed by atoms with van der Waals surface area (Å²) in [6.45, 7) is 5.27. The molecule has 1 heterocycles. The second-order valence-corrected chi connectivity index (χ2v) is 5.42. The van der Waals surface area contributed by atoms with Gasteiger partial charge in [-0.15, -0.1) is 0 Å². The fourth-order valence-corrected chi connectivity index (χ4v) is 2.53. The van der Waals surface area contributed by atoms with Crippen molar-refractivity contribution in [2.75, 3.05) is 32.8 Å². The Morgan fingerprint density at radius 1 is 1.38 bits per heavy atom. The van der Waals surface area contributed by atoms with Gasteiger partial charge in [-0.3, -0.25) is 4.90 Å². The summed E-state index contributed by atoms with van der Waals surface area (Å²) in [5.74, 6) is 6.69. The fourth-order valence-electron chi connectivity index (χ4n) is 2.53. The van der Waals surface area contributed by atoms with Gasteiger partial charge in [0.25, 0.3) is 0 Å². The quantitative estimate of drug-likeness (QED) is 0.798. The van der Waals surface area contributed by atoms with Crippen molar-refractivity contribution >= 4 is 0 Å². The summed E-state index contributed by atoms with van der Waals surface area (Å²) in [5, 5.41) is 18.2. The minimum Gasteiger partial charge on any atom is -0.492 e. The summed E-state index contributed by atoms with van der Waals surface area (Å²) >= 11 is 0. The number of benzene rings is 1. The first kappa shape index (κ1) is 15.8. The van der Waals surface area contributed by atoms with Gasteiger partial charge >= 0.3 is 0 Å². The standard InChI is InChI=1S/C17H23NO3/c1-14(20)16-8-9-18(13-16)10-12-21-17-6-4-15(5-7-17)3-2-11-19/h4-7,14,16,19-20H,8-13H2,1H3. The lowest BCUT2D eigenvalue weighted by molar-refractivity contribution is 0.125. The molecule has 4 heteroatoms. The van der Waals surface area contributed by atoms with Crippen molar-refractivity contribution in [1.82, 2.24) is 4.90 Å². The zero-order valence-electron chi connectivity index (χ0n) is 12.5. The Morgan fingerprint density at radius 3 is 2.76 bits per heavy atom. The Morgan fingerprint density at radius 2 is 2.14 bits per heavy atom. The SMILES string of the molecule is CC(O)C1CCN(CCOc2ccc(C#CCO)cc2)C1. The molecule has 0 aliphatic carbocycles. The number of aliphatic hydroxyl groups excluding tert-OH is 2. The number of ether oxygens (including phenoxy) is 1. The van der Waals surface area contributed by atoms with Crippen LogP contribution in [0.4, 0.5) is 0 Å². The monoisotopic (exact) mass is 289 g/mol. The van der Waals surface area contributed by atoms with Crippen molar-refractivity contribution in [2.24, 2.45) is 5.92 Å².